The van der Waals surface area contributed by atoms with Gasteiger partial charge in [-0.1, -0.05) is 18.2 Å². The van der Waals surface area contributed by atoms with Crippen molar-refractivity contribution in [3.8, 4) is 5.69 Å². The van der Waals surface area contributed by atoms with Crippen molar-refractivity contribution in [2.75, 3.05) is 19.1 Å². The molecule has 0 fully saturated rings. The first-order valence-electron chi connectivity index (χ1n) is 12.0. The van der Waals surface area contributed by atoms with Crippen molar-refractivity contribution in [2.24, 2.45) is 5.10 Å². The van der Waals surface area contributed by atoms with Gasteiger partial charge in [0.05, 0.1) is 28.1 Å². The monoisotopic (exact) mass is 560 g/mol. The molecule has 14 nitrogen and oxygen atoms in total. The van der Waals surface area contributed by atoms with Crippen LogP contribution in [0.2, 0.25) is 0 Å². The van der Waals surface area contributed by atoms with Gasteiger partial charge in [-0.2, -0.15) is 10.1 Å². The van der Waals surface area contributed by atoms with Gasteiger partial charge >= 0.3 is 5.97 Å². The molecule has 41 heavy (non-hydrogen) atoms. The summed E-state index contributed by atoms with van der Waals surface area (Å²) in [4.78, 5) is 66.7. The normalized spacial score (nSPS) is 14.0. The largest absolute Gasteiger partial charge is 0.478 e. The number of carbonyl (C=O) groups is 4. The first-order valence-corrected chi connectivity index (χ1v) is 12.0. The van der Waals surface area contributed by atoms with Gasteiger partial charge < -0.3 is 15.7 Å². The van der Waals surface area contributed by atoms with Crippen molar-refractivity contribution >= 4 is 41.2 Å². The number of allylic oxidation sites excluding steroid dienone is 2. The molecule has 0 unspecified atom stereocenters. The number of nitrogens with zero attached hydrogens (tertiary/aromatic N) is 3. The van der Waals surface area contributed by atoms with Crippen molar-refractivity contribution in [3.05, 3.63) is 99.0 Å². The Labute approximate surface area is 231 Å². The summed E-state index contributed by atoms with van der Waals surface area (Å²) >= 11 is 0. The zero-order valence-electron chi connectivity index (χ0n) is 21.7. The van der Waals surface area contributed by atoms with Crippen LogP contribution in [0.1, 0.15) is 32.0 Å². The van der Waals surface area contributed by atoms with Gasteiger partial charge in [-0.15, -0.1) is 0 Å². The predicted molar refractivity (Wildman–Crippen MR) is 147 cm³/mol. The number of nitrogens with one attached hydrogen (secondary N) is 3. The van der Waals surface area contributed by atoms with Gasteiger partial charge in [-0.3, -0.25) is 29.5 Å². The number of aromatic amines is 1. The van der Waals surface area contributed by atoms with E-state index in [0.29, 0.717) is 11.3 Å². The standard InChI is InChI=1S/C27H24N6O8/c1-28-23(34)21-19(25(36)32(30-21)17-10-6-15(7-11-17)14-41-40)4-3-5-20-22(24(35)29-2)31-33(26(20)37)18-12-8-16(9-13-18)27(38)39/h3-13,30,40H,14H2,1-2H3,(H,28,34)(H,29,35)(H,38,39)/b4-3+,20-5-. The summed E-state index contributed by atoms with van der Waals surface area (Å²) in [6.45, 7) is -0.0445. The fourth-order valence-corrected chi connectivity index (χ4v) is 3.91. The number of hydrogen-bond acceptors (Lipinski definition) is 8. The number of aromatic carboxylic acids is 1. The molecule has 1 aliphatic rings. The number of carbonyl (C=O) groups excluding carboxylic acids is 3. The number of benzene rings is 2. The van der Waals surface area contributed by atoms with Gasteiger partial charge in [-0.25, -0.2) is 14.4 Å². The van der Waals surface area contributed by atoms with Crippen molar-refractivity contribution in [2.45, 2.75) is 6.61 Å². The molecule has 0 spiro atoms. The van der Waals surface area contributed by atoms with Crippen LogP contribution in [-0.2, 0) is 21.1 Å². The second-order valence-corrected chi connectivity index (χ2v) is 8.50. The molecule has 3 amide bonds. The number of aromatic nitrogens is 2. The zero-order chi connectivity index (χ0) is 29.7. The summed E-state index contributed by atoms with van der Waals surface area (Å²) < 4.78 is 1.15. The van der Waals surface area contributed by atoms with Gasteiger partial charge in [0.2, 0.25) is 0 Å². The third-order valence-electron chi connectivity index (χ3n) is 6.01. The molecule has 4 rings (SSSR count). The summed E-state index contributed by atoms with van der Waals surface area (Å²) in [6, 6.07) is 11.8. The van der Waals surface area contributed by atoms with Crippen LogP contribution < -0.4 is 21.2 Å². The average Bonchev–Trinajstić information content (AvgIpc) is 3.49. The van der Waals surface area contributed by atoms with Crippen molar-refractivity contribution in [1.82, 2.24) is 20.4 Å². The molecule has 1 aromatic heterocycles. The molecular weight excluding hydrogens is 536 g/mol. The number of hydrogen-bond donors (Lipinski definition) is 5. The lowest BCUT2D eigenvalue weighted by atomic mass is 10.1. The lowest BCUT2D eigenvalue weighted by molar-refractivity contribution is -0.253. The molecule has 0 radical (unpaired) electrons. The number of carboxylic acid groups (broad SMARTS) is 1. The van der Waals surface area contributed by atoms with E-state index in [2.05, 4.69) is 25.7 Å². The van der Waals surface area contributed by atoms with Crippen LogP contribution >= 0.6 is 0 Å². The van der Waals surface area contributed by atoms with Crippen LogP contribution in [0.3, 0.4) is 0 Å². The minimum atomic E-state index is -1.14. The third kappa shape index (κ3) is 5.73. The smallest absolute Gasteiger partial charge is 0.335 e. The van der Waals surface area contributed by atoms with E-state index in [0.717, 1.165) is 9.69 Å². The zero-order valence-corrected chi connectivity index (χ0v) is 21.7. The summed E-state index contributed by atoms with van der Waals surface area (Å²) in [5.41, 5.74) is 0.371. The van der Waals surface area contributed by atoms with Gasteiger partial charge in [-0.05, 0) is 54.1 Å². The molecule has 14 heteroatoms. The molecular formula is C27H24N6O8. The topological polar surface area (TPSA) is 195 Å². The highest BCUT2D eigenvalue weighted by molar-refractivity contribution is 6.54. The van der Waals surface area contributed by atoms with E-state index < -0.39 is 29.3 Å². The van der Waals surface area contributed by atoms with E-state index >= 15 is 0 Å². The van der Waals surface area contributed by atoms with Crippen LogP contribution in [0.5, 0.6) is 0 Å². The van der Waals surface area contributed by atoms with E-state index in [9.17, 15) is 24.0 Å². The van der Waals surface area contributed by atoms with Crippen molar-refractivity contribution in [3.63, 3.8) is 0 Å². The summed E-state index contributed by atoms with van der Waals surface area (Å²) in [6.07, 6.45) is 3.95. The van der Waals surface area contributed by atoms with Crippen LogP contribution in [0.15, 0.2) is 76.2 Å². The highest BCUT2D eigenvalue weighted by Crippen LogP contribution is 2.24. The molecule has 0 atom stereocenters. The first-order chi connectivity index (χ1) is 19.7. The molecule has 1 aliphatic heterocycles. The second kappa shape index (κ2) is 12.1. The summed E-state index contributed by atoms with van der Waals surface area (Å²) in [5, 5.41) is 30.4. The minimum absolute atomic E-state index is 0.00815. The van der Waals surface area contributed by atoms with Crippen LogP contribution in [0.4, 0.5) is 5.69 Å². The van der Waals surface area contributed by atoms with Gasteiger partial charge in [0, 0.05) is 14.1 Å². The Morgan fingerprint density at radius 1 is 0.976 bits per heavy atom. The maximum Gasteiger partial charge on any atom is 0.335 e. The number of carboxylic acids is 1. The number of anilines is 1. The highest BCUT2D eigenvalue weighted by atomic mass is 17.1. The molecule has 0 saturated heterocycles. The van der Waals surface area contributed by atoms with E-state index in [-0.39, 0.29) is 40.4 Å². The molecule has 3 aromatic rings. The van der Waals surface area contributed by atoms with Gasteiger partial charge in [0.25, 0.3) is 23.3 Å². The van der Waals surface area contributed by atoms with E-state index in [4.69, 9.17) is 10.4 Å². The van der Waals surface area contributed by atoms with Crippen molar-refractivity contribution in [1.29, 1.82) is 0 Å². The second-order valence-electron chi connectivity index (χ2n) is 8.50. The van der Waals surface area contributed by atoms with E-state index in [1.807, 2.05) is 0 Å². The Morgan fingerprint density at radius 3 is 2.20 bits per heavy atom. The minimum Gasteiger partial charge on any atom is -0.478 e. The average molecular weight is 561 g/mol. The fourth-order valence-electron chi connectivity index (χ4n) is 3.91. The third-order valence-corrected chi connectivity index (χ3v) is 6.01. The lowest BCUT2D eigenvalue weighted by Crippen LogP contribution is -2.28. The van der Waals surface area contributed by atoms with E-state index in [1.54, 1.807) is 24.3 Å². The summed E-state index contributed by atoms with van der Waals surface area (Å²) in [5.74, 6) is -3.02. The molecule has 0 aliphatic carbocycles. The number of H-pyrrole nitrogens is 1. The number of hydrazone groups is 1. The molecule has 210 valence electrons. The maximum absolute atomic E-state index is 13.3. The van der Waals surface area contributed by atoms with Crippen LogP contribution in [-0.4, -0.2) is 63.6 Å². The Kier molecular flexibility index (Phi) is 8.36. The number of amides is 3. The summed E-state index contributed by atoms with van der Waals surface area (Å²) in [7, 11) is 2.77. The Balaban J connectivity index is 1.70. The molecule has 2 aromatic carbocycles. The Hall–Kier alpha value is -5.60. The molecule has 0 saturated carbocycles. The maximum atomic E-state index is 13.3. The van der Waals surface area contributed by atoms with Crippen LogP contribution in [0.25, 0.3) is 11.8 Å². The molecule has 2 heterocycles. The van der Waals surface area contributed by atoms with Crippen LogP contribution in [0, 0.1) is 0 Å². The highest BCUT2D eigenvalue weighted by Gasteiger charge is 2.34. The Bertz CT molecular complexity index is 1660. The van der Waals surface area contributed by atoms with Gasteiger partial charge in [0.15, 0.2) is 5.71 Å². The fraction of sp³-hybridized carbons (Fsp3) is 0.111. The predicted octanol–water partition coefficient (Wildman–Crippen LogP) is 1.30. The van der Waals surface area contributed by atoms with Crippen molar-refractivity contribution < 1.29 is 34.4 Å². The lowest BCUT2D eigenvalue weighted by Gasteiger charge is -2.11. The molecule has 5 N–H and O–H groups in total. The SMILES string of the molecule is CNC(=O)C1=NN(c2ccc(C(=O)O)cc2)C(=O)/C1=C\C=C\c1c(C(=O)NC)[nH]n(-c2ccc(COO)cc2)c1=O. The van der Waals surface area contributed by atoms with Gasteiger partial charge in [0.1, 0.15) is 12.3 Å². The first kappa shape index (κ1) is 28.4. The Morgan fingerprint density at radius 2 is 1.61 bits per heavy atom. The van der Waals surface area contributed by atoms with E-state index in [1.165, 1.54) is 56.6 Å². The number of rotatable bonds is 9. The molecule has 0 bridgehead atoms. The quantitative estimate of drug-likeness (QED) is 0.147.